The Labute approximate surface area is 314 Å². The summed E-state index contributed by atoms with van der Waals surface area (Å²) in [5, 5.41) is 4.59. The molecule has 2 aromatic heterocycles. The van der Waals surface area contributed by atoms with E-state index >= 15 is 0 Å². The predicted octanol–water partition coefficient (Wildman–Crippen LogP) is 14.1. The highest BCUT2D eigenvalue weighted by atomic mass is 127. The van der Waals surface area contributed by atoms with Gasteiger partial charge in [-0.15, -0.1) is 0 Å². The molecular formula is C43H36I2N2O2. The number of benzene rings is 6. The third kappa shape index (κ3) is 5.38. The highest BCUT2D eigenvalue weighted by Crippen LogP contribution is 2.46. The maximum absolute atomic E-state index is 6.87. The number of hydrogen-bond acceptors (Lipinski definition) is 4. The van der Waals surface area contributed by atoms with Crippen LogP contribution in [0.5, 0.6) is 0 Å². The zero-order valence-electron chi connectivity index (χ0n) is 28.0. The van der Waals surface area contributed by atoms with E-state index in [0.29, 0.717) is 0 Å². The Morgan fingerprint density at radius 1 is 0.510 bits per heavy atom. The lowest BCUT2D eigenvalue weighted by Crippen LogP contribution is -2.02. The smallest absolute Gasteiger partial charge is 0.159 e. The molecule has 0 aliphatic heterocycles. The van der Waals surface area contributed by atoms with Gasteiger partial charge in [0.1, 0.15) is 11.2 Å². The molecule has 49 heavy (non-hydrogen) atoms. The summed E-state index contributed by atoms with van der Waals surface area (Å²) in [5.41, 5.74) is 15.4. The molecule has 0 N–H and O–H groups in total. The Balaban J connectivity index is 1.27. The summed E-state index contributed by atoms with van der Waals surface area (Å²) < 4.78 is 17.9. The molecule has 244 valence electrons. The summed E-state index contributed by atoms with van der Waals surface area (Å²) in [6.45, 7) is 8.76. The Morgan fingerprint density at radius 3 is 1.78 bits per heavy atom. The van der Waals surface area contributed by atoms with Gasteiger partial charge in [-0.1, -0.05) is 93.6 Å². The third-order valence-corrected chi connectivity index (χ3v) is 11.9. The number of anilines is 4. The van der Waals surface area contributed by atoms with Crippen molar-refractivity contribution in [2.24, 2.45) is 0 Å². The molecule has 0 unspecified atom stereocenters. The summed E-state index contributed by atoms with van der Waals surface area (Å²) >= 11 is 4.83. The van der Waals surface area contributed by atoms with Crippen LogP contribution in [0.3, 0.4) is 0 Å². The van der Waals surface area contributed by atoms with Gasteiger partial charge in [0.05, 0.1) is 68.5 Å². The number of furan rings is 2. The molecule has 0 bridgehead atoms. The first-order valence-corrected chi connectivity index (χ1v) is 18.9. The molecule has 0 atom stereocenters. The molecule has 0 aliphatic carbocycles. The van der Waals surface area contributed by atoms with Crippen LogP contribution in [0.25, 0.3) is 55.0 Å². The highest BCUT2D eigenvalue weighted by Gasteiger charge is 2.22. The summed E-state index contributed by atoms with van der Waals surface area (Å²) in [6.07, 6.45) is 2.84. The van der Waals surface area contributed by atoms with E-state index in [9.17, 15) is 0 Å². The Morgan fingerprint density at radius 2 is 1.08 bits per heavy atom. The lowest BCUT2D eigenvalue weighted by atomic mass is 9.93. The van der Waals surface area contributed by atoms with E-state index in [-0.39, 0.29) is 0 Å². The van der Waals surface area contributed by atoms with Crippen molar-refractivity contribution in [3.63, 3.8) is 0 Å². The van der Waals surface area contributed by atoms with E-state index in [0.717, 1.165) is 80.5 Å². The van der Waals surface area contributed by atoms with Gasteiger partial charge in [0, 0.05) is 21.5 Å². The molecule has 2 heterocycles. The number of hydrogen-bond donors (Lipinski definition) is 0. The summed E-state index contributed by atoms with van der Waals surface area (Å²) in [5.74, 6) is 0. The maximum Gasteiger partial charge on any atom is 0.159 e. The highest BCUT2D eigenvalue weighted by molar-refractivity contribution is 14.1. The molecule has 8 aromatic rings. The van der Waals surface area contributed by atoms with Crippen LogP contribution in [0.4, 0.5) is 22.7 Å². The number of nitrogens with zero attached hydrogens (tertiary/aromatic N) is 2. The molecule has 4 nitrogen and oxygen atoms in total. The van der Waals surface area contributed by atoms with Crippen molar-refractivity contribution in [2.45, 2.75) is 47.0 Å². The van der Waals surface area contributed by atoms with Crippen molar-refractivity contribution in [3.8, 4) is 11.1 Å². The summed E-state index contributed by atoms with van der Waals surface area (Å²) in [7, 11) is 0. The molecule has 0 aliphatic rings. The number of halogens is 2. The number of rotatable bonds is 8. The lowest BCUT2D eigenvalue weighted by molar-refractivity contribution is 0.664. The van der Waals surface area contributed by atoms with Crippen molar-refractivity contribution in [3.05, 3.63) is 131 Å². The van der Waals surface area contributed by atoms with Crippen molar-refractivity contribution < 1.29 is 8.83 Å². The van der Waals surface area contributed by atoms with Gasteiger partial charge in [-0.2, -0.15) is 0 Å². The fourth-order valence-corrected chi connectivity index (χ4v) is 8.44. The van der Waals surface area contributed by atoms with Crippen LogP contribution in [0.2, 0.25) is 0 Å². The normalized spacial score (nSPS) is 11.7. The molecule has 0 radical (unpaired) electrons. The van der Waals surface area contributed by atoms with Crippen LogP contribution < -0.4 is 6.23 Å². The van der Waals surface area contributed by atoms with Crippen molar-refractivity contribution >= 4 is 112 Å². The fourth-order valence-electron chi connectivity index (χ4n) is 7.06. The SMILES string of the molecule is CCc1ccc(N(I)c2cccc3c2oc2c(CC)ccc(-c4cc(N(I)c5cccc6c5oc5c(CC)cccc56)ccc4C)c23)cc1. The molecule has 6 aromatic carbocycles. The quantitative estimate of drug-likeness (QED) is 0.113. The van der Waals surface area contributed by atoms with Crippen LogP contribution in [0, 0.1) is 6.92 Å². The third-order valence-electron chi connectivity index (χ3n) is 9.79. The van der Waals surface area contributed by atoms with E-state index in [1.54, 1.807) is 0 Å². The molecule has 0 fully saturated rings. The van der Waals surface area contributed by atoms with Gasteiger partial charge in [-0.3, -0.25) is 6.23 Å². The van der Waals surface area contributed by atoms with Crippen LogP contribution in [0.1, 0.15) is 43.0 Å². The van der Waals surface area contributed by atoms with Crippen LogP contribution in [-0.2, 0) is 19.3 Å². The molecule has 6 heteroatoms. The topological polar surface area (TPSA) is 32.8 Å². The maximum atomic E-state index is 6.87. The first-order valence-electron chi connectivity index (χ1n) is 16.9. The molecular weight excluding hydrogens is 830 g/mol. The van der Waals surface area contributed by atoms with Gasteiger partial charge in [-0.05, 0) is 96.0 Å². The van der Waals surface area contributed by atoms with Crippen LogP contribution in [0.15, 0.2) is 118 Å². The first-order chi connectivity index (χ1) is 23.9. The van der Waals surface area contributed by atoms with Gasteiger partial charge in [-0.25, -0.2) is 0 Å². The molecule has 0 saturated carbocycles. The largest absolute Gasteiger partial charge is 0.454 e. The van der Waals surface area contributed by atoms with Gasteiger partial charge in [0.15, 0.2) is 11.2 Å². The predicted molar refractivity (Wildman–Crippen MR) is 225 cm³/mol. The molecule has 8 rings (SSSR count). The van der Waals surface area contributed by atoms with Crippen molar-refractivity contribution in [1.29, 1.82) is 0 Å². The van der Waals surface area contributed by atoms with E-state index in [1.165, 1.54) is 38.8 Å². The Hall–Kier alpha value is -4.02. The van der Waals surface area contributed by atoms with E-state index in [4.69, 9.17) is 8.83 Å². The van der Waals surface area contributed by atoms with Gasteiger partial charge in [0.2, 0.25) is 0 Å². The van der Waals surface area contributed by atoms with Crippen molar-refractivity contribution in [1.82, 2.24) is 0 Å². The number of aryl methyl sites for hydroxylation is 4. The average molecular weight is 867 g/mol. The van der Waals surface area contributed by atoms with Gasteiger partial charge in [0.25, 0.3) is 0 Å². The second-order valence-corrected chi connectivity index (χ2v) is 14.5. The average Bonchev–Trinajstić information content (AvgIpc) is 3.74. The fraction of sp³-hybridized carbons (Fsp3) is 0.163. The van der Waals surface area contributed by atoms with Crippen molar-refractivity contribution in [2.75, 3.05) is 6.23 Å². The Bertz CT molecular complexity index is 2510. The Kier molecular flexibility index (Phi) is 8.56. The second-order valence-electron chi connectivity index (χ2n) is 12.6. The summed E-state index contributed by atoms with van der Waals surface area (Å²) in [6, 6.07) is 39.4. The zero-order chi connectivity index (χ0) is 33.8. The molecule has 0 amide bonds. The second kappa shape index (κ2) is 13.0. The summed E-state index contributed by atoms with van der Waals surface area (Å²) in [4.78, 5) is 0. The minimum atomic E-state index is 0.889. The van der Waals surface area contributed by atoms with Crippen LogP contribution >= 0.6 is 45.7 Å². The number of para-hydroxylation sites is 3. The van der Waals surface area contributed by atoms with E-state index in [2.05, 4.69) is 189 Å². The van der Waals surface area contributed by atoms with E-state index in [1.807, 2.05) is 0 Å². The first kappa shape index (κ1) is 32.2. The lowest BCUT2D eigenvalue weighted by Gasteiger charge is -2.19. The monoisotopic (exact) mass is 866 g/mol. The van der Waals surface area contributed by atoms with Gasteiger partial charge < -0.3 is 8.83 Å². The van der Waals surface area contributed by atoms with Gasteiger partial charge >= 0.3 is 0 Å². The molecule has 0 saturated heterocycles. The molecule has 0 spiro atoms. The minimum Gasteiger partial charge on any atom is -0.454 e. The number of fused-ring (bicyclic) bond motifs is 6. The standard InChI is InChI=1S/C43H36I2N2O2/c1-5-27-18-22-30(23-19-27)46(44)38-16-10-14-35-39-32(24-20-29(7-3)41(39)49-43(35)38)36-25-31(21-17-26(36)4)47(45)37-15-9-13-34-33-12-8-11-28(6-2)40(33)48-42(34)37/h8-25H,5-7H2,1-4H3. The van der Waals surface area contributed by atoms with E-state index < -0.39 is 0 Å². The minimum absolute atomic E-state index is 0.889. The van der Waals surface area contributed by atoms with Crippen LogP contribution in [-0.4, -0.2) is 0 Å². The zero-order valence-corrected chi connectivity index (χ0v) is 32.3.